The van der Waals surface area contributed by atoms with E-state index in [-0.39, 0.29) is 11.1 Å². The van der Waals surface area contributed by atoms with Crippen LogP contribution in [0, 0.1) is 5.92 Å². The molecule has 3 rings (SSSR count). The summed E-state index contributed by atoms with van der Waals surface area (Å²) in [6, 6.07) is 7.97. The number of aryl methyl sites for hydroxylation is 1. The number of amides is 2. The molecule has 30 heavy (non-hydrogen) atoms. The molecule has 0 bridgehead atoms. The molecule has 0 atom stereocenters. The second-order valence-electron chi connectivity index (χ2n) is 7.78. The van der Waals surface area contributed by atoms with Gasteiger partial charge in [0.25, 0.3) is 11.8 Å². The third-order valence-corrected chi connectivity index (χ3v) is 5.11. The van der Waals surface area contributed by atoms with Gasteiger partial charge in [0.05, 0.1) is 0 Å². The Kier molecular flexibility index (Phi) is 6.72. The van der Waals surface area contributed by atoms with Crippen LogP contribution >= 0.6 is 0 Å². The van der Waals surface area contributed by atoms with Gasteiger partial charge in [-0.05, 0) is 30.4 Å². The Bertz CT molecular complexity index is 1110. The number of pyridine rings is 1. The summed E-state index contributed by atoms with van der Waals surface area (Å²) >= 11 is 0. The number of rotatable bonds is 8. The van der Waals surface area contributed by atoms with E-state index in [9.17, 15) is 14.4 Å². The van der Waals surface area contributed by atoms with Crippen LogP contribution in [0.4, 0.5) is 0 Å². The maximum Gasteiger partial charge on any atom is 0.256 e. The van der Waals surface area contributed by atoms with Gasteiger partial charge in [-0.2, -0.15) is 0 Å². The summed E-state index contributed by atoms with van der Waals surface area (Å²) in [5.41, 5.74) is 1.55. The summed E-state index contributed by atoms with van der Waals surface area (Å²) in [6.07, 6.45) is 6.50. The molecule has 0 radical (unpaired) electrons. The SMILES string of the molecule is CNC(=O)c1cn(CCC(C)C)cc(C(=O)NCCc2c[nH]c3ccccc23)c1=O. The molecule has 0 aliphatic heterocycles. The quantitative estimate of drug-likeness (QED) is 0.535. The van der Waals surface area contributed by atoms with E-state index in [0.29, 0.717) is 25.4 Å². The van der Waals surface area contributed by atoms with Gasteiger partial charge in [-0.15, -0.1) is 0 Å². The second-order valence-corrected chi connectivity index (χ2v) is 7.78. The minimum atomic E-state index is -0.556. The van der Waals surface area contributed by atoms with Crippen LogP contribution in [0.1, 0.15) is 46.5 Å². The van der Waals surface area contributed by atoms with E-state index in [2.05, 4.69) is 29.5 Å². The van der Waals surface area contributed by atoms with Crippen molar-refractivity contribution in [2.45, 2.75) is 33.2 Å². The zero-order valence-electron chi connectivity index (χ0n) is 17.6. The van der Waals surface area contributed by atoms with Gasteiger partial charge < -0.3 is 20.2 Å². The first-order chi connectivity index (χ1) is 14.4. The lowest BCUT2D eigenvalue weighted by molar-refractivity contribution is 0.0952. The predicted molar refractivity (Wildman–Crippen MR) is 118 cm³/mol. The van der Waals surface area contributed by atoms with Gasteiger partial charge in [0, 0.05) is 49.6 Å². The molecule has 2 amide bonds. The summed E-state index contributed by atoms with van der Waals surface area (Å²) < 4.78 is 1.75. The number of hydrogen-bond donors (Lipinski definition) is 3. The molecule has 1 aromatic carbocycles. The third-order valence-electron chi connectivity index (χ3n) is 5.11. The number of nitrogens with zero attached hydrogens (tertiary/aromatic N) is 1. The molecular formula is C23H28N4O3. The Labute approximate surface area is 175 Å². The van der Waals surface area contributed by atoms with Gasteiger partial charge in [-0.1, -0.05) is 32.0 Å². The van der Waals surface area contributed by atoms with E-state index < -0.39 is 17.2 Å². The average molecular weight is 409 g/mol. The minimum absolute atomic E-state index is 0.0150. The van der Waals surface area contributed by atoms with Crippen molar-refractivity contribution in [3.8, 4) is 0 Å². The summed E-state index contributed by atoms with van der Waals surface area (Å²) in [5.74, 6) is -0.503. The van der Waals surface area contributed by atoms with Crippen molar-refractivity contribution in [2.75, 3.05) is 13.6 Å². The Morgan fingerprint density at radius 2 is 1.80 bits per heavy atom. The van der Waals surface area contributed by atoms with E-state index in [1.54, 1.807) is 4.57 Å². The molecule has 158 valence electrons. The number of hydrogen-bond acceptors (Lipinski definition) is 3. The number of benzene rings is 1. The molecule has 2 heterocycles. The van der Waals surface area contributed by atoms with Crippen molar-refractivity contribution in [3.63, 3.8) is 0 Å². The minimum Gasteiger partial charge on any atom is -0.361 e. The fourth-order valence-electron chi connectivity index (χ4n) is 3.37. The second kappa shape index (κ2) is 9.43. The van der Waals surface area contributed by atoms with Gasteiger partial charge in [0.2, 0.25) is 5.43 Å². The van der Waals surface area contributed by atoms with Crippen LogP contribution in [0.15, 0.2) is 47.7 Å². The van der Waals surface area contributed by atoms with Gasteiger partial charge >= 0.3 is 0 Å². The zero-order chi connectivity index (χ0) is 21.7. The molecule has 7 nitrogen and oxygen atoms in total. The lowest BCUT2D eigenvalue weighted by Crippen LogP contribution is -2.35. The molecule has 0 aliphatic rings. The first kappa shape index (κ1) is 21.4. The molecule has 0 fully saturated rings. The zero-order valence-corrected chi connectivity index (χ0v) is 17.6. The van der Waals surface area contributed by atoms with Crippen LogP contribution in [-0.2, 0) is 13.0 Å². The van der Waals surface area contributed by atoms with Crippen LogP contribution in [0.3, 0.4) is 0 Å². The van der Waals surface area contributed by atoms with Gasteiger partial charge in [-0.25, -0.2) is 0 Å². The number of para-hydroxylation sites is 1. The highest BCUT2D eigenvalue weighted by atomic mass is 16.2. The monoisotopic (exact) mass is 408 g/mol. The number of aromatic amines is 1. The molecule has 0 spiro atoms. The van der Waals surface area contributed by atoms with E-state index in [1.807, 2.05) is 30.5 Å². The third kappa shape index (κ3) is 4.79. The average Bonchev–Trinajstić information content (AvgIpc) is 3.15. The highest BCUT2D eigenvalue weighted by Gasteiger charge is 2.18. The normalized spacial score (nSPS) is 11.1. The lowest BCUT2D eigenvalue weighted by atomic mass is 10.1. The number of aromatic nitrogens is 2. The lowest BCUT2D eigenvalue weighted by Gasteiger charge is -2.13. The standard InChI is InChI=1S/C23H28N4O3/c1-15(2)9-11-27-13-18(22(29)24-3)21(28)19(14-27)23(30)25-10-8-16-12-26-20-7-5-4-6-17(16)20/h4-7,12-15,26H,8-11H2,1-3H3,(H,24,29)(H,25,30). The maximum absolute atomic E-state index is 12.7. The van der Waals surface area contributed by atoms with Gasteiger partial charge in [0.15, 0.2) is 0 Å². The van der Waals surface area contributed by atoms with E-state index in [4.69, 9.17) is 0 Å². The van der Waals surface area contributed by atoms with Crippen molar-refractivity contribution < 1.29 is 9.59 Å². The number of H-pyrrole nitrogens is 1. The Hall–Kier alpha value is -3.35. The number of carbonyl (C=O) groups is 2. The number of fused-ring (bicyclic) bond motifs is 1. The van der Waals surface area contributed by atoms with Crippen LogP contribution in [0.5, 0.6) is 0 Å². The maximum atomic E-state index is 12.7. The fourth-order valence-corrected chi connectivity index (χ4v) is 3.37. The van der Waals surface area contributed by atoms with Crippen LogP contribution in [0.2, 0.25) is 0 Å². The smallest absolute Gasteiger partial charge is 0.256 e. The largest absolute Gasteiger partial charge is 0.361 e. The van der Waals surface area contributed by atoms with Gasteiger partial charge in [-0.3, -0.25) is 14.4 Å². The van der Waals surface area contributed by atoms with Gasteiger partial charge in [0.1, 0.15) is 11.1 Å². The molecule has 3 N–H and O–H groups in total. The van der Waals surface area contributed by atoms with Crippen molar-refractivity contribution >= 4 is 22.7 Å². The molecule has 7 heteroatoms. The molecule has 2 aromatic heterocycles. The van der Waals surface area contributed by atoms with E-state index in [0.717, 1.165) is 22.9 Å². The van der Waals surface area contributed by atoms with Crippen LogP contribution < -0.4 is 16.1 Å². The molecule has 0 aliphatic carbocycles. The molecular weight excluding hydrogens is 380 g/mol. The van der Waals surface area contributed by atoms with Crippen molar-refractivity contribution in [3.05, 3.63) is 69.8 Å². The van der Waals surface area contributed by atoms with Crippen molar-refractivity contribution in [1.82, 2.24) is 20.2 Å². The number of nitrogens with one attached hydrogen (secondary N) is 3. The number of carbonyl (C=O) groups excluding carboxylic acids is 2. The first-order valence-electron chi connectivity index (χ1n) is 10.2. The molecule has 3 aromatic rings. The topological polar surface area (TPSA) is 96.0 Å². The molecule has 0 saturated heterocycles. The predicted octanol–water partition coefficient (Wildman–Crippen LogP) is 2.71. The first-order valence-corrected chi connectivity index (χ1v) is 10.2. The highest BCUT2D eigenvalue weighted by Crippen LogP contribution is 2.17. The Balaban J connectivity index is 1.77. The highest BCUT2D eigenvalue weighted by molar-refractivity contribution is 5.99. The Morgan fingerprint density at radius 1 is 1.10 bits per heavy atom. The molecule has 0 unspecified atom stereocenters. The molecule has 0 saturated carbocycles. The van der Waals surface area contributed by atoms with Crippen molar-refractivity contribution in [2.24, 2.45) is 5.92 Å². The van der Waals surface area contributed by atoms with E-state index >= 15 is 0 Å². The van der Waals surface area contributed by atoms with Crippen LogP contribution in [0.25, 0.3) is 10.9 Å². The van der Waals surface area contributed by atoms with Crippen molar-refractivity contribution in [1.29, 1.82) is 0 Å². The summed E-state index contributed by atoms with van der Waals surface area (Å²) in [6.45, 7) is 5.20. The van der Waals surface area contributed by atoms with Crippen LogP contribution in [-0.4, -0.2) is 35.0 Å². The fraction of sp³-hybridized carbons (Fsp3) is 0.348. The summed E-state index contributed by atoms with van der Waals surface area (Å²) in [5, 5.41) is 6.41. The summed E-state index contributed by atoms with van der Waals surface area (Å²) in [7, 11) is 1.47. The van der Waals surface area contributed by atoms with E-state index in [1.165, 1.54) is 19.4 Å². The summed E-state index contributed by atoms with van der Waals surface area (Å²) in [4.78, 5) is 40.8. The Morgan fingerprint density at radius 3 is 2.50 bits per heavy atom.